The van der Waals surface area contributed by atoms with E-state index in [1.54, 1.807) is 0 Å². The van der Waals surface area contributed by atoms with Gasteiger partial charge in [0.15, 0.2) is 0 Å². The Balaban J connectivity index is 2.19. The van der Waals surface area contributed by atoms with Crippen LogP contribution in [0, 0.1) is 5.92 Å². The van der Waals surface area contributed by atoms with Crippen LogP contribution in [0.1, 0.15) is 46.0 Å². The van der Waals surface area contributed by atoms with Gasteiger partial charge in [-0.05, 0) is 25.2 Å². The van der Waals surface area contributed by atoms with Gasteiger partial charge in [0.1, 0.15) is 0 Å². The number of anilines is 2. The van der Waals surface area contributed by atoms with Gasteiger partial charge in [-0.3, -0.25) is 0 Å². The van der Waals surface area contributed by atoms with Gasteiger partial charge in [-0.15, -0.1) is 0 Å². The van der Waals surface area contributed by atoms with Crippen molar-refractivity contribution in [1.29, 1.82) is 0 Å². The molecule has 0 aromatic carbocycles. The van der Waals surface area contributed by atoms with Gasteiger partial charge >= 0.3 is 6.01 Å². The summed E-state index contributed by atoms with van der Waals surface area (Å²) in [6.07, 6.45) is 6.02. The molecule has 1 aromatic rings. The van der Waals surface area contributed by atoms with Crippen molar-refractivity contribution in [2.75, 3.05) is 30.9 Å². The average molecular weight is 293 g/mol. The van der Waals surface area contributed by atoms with E-state index < -0.39 is 0 Å². The van der Waals surface area contributed by atoms with Gasteiger partial charge in [0.05, 0.1) is 6.61 Å². The predicted octanol–water partition coefficient (Wildman–Crippen LogP) is 2.72. The molecule has 6 heteroatoms. The van der Waals surface area contributed by atoms with Gasteiger partial charge in [-0.25, -0.2) is 0 Å². The highest BCUT2D eigenvalue weighted by molar-refractivity contribution is 5.38. The third-order valence-corrected chi connectivity index (χ3v) is 4.14. The maximum absolute atomic E-state index is 5.57. The van der Waals surface area contributed by atoms with E-state index in [4.69, 9.17) is 4.74 Å². The highest BCUT2D eigenvalue weighted by Crippen LogP contribution is 2.29. The first-order valence-electron chi connectivity index (χ1n) is 7.95. The highest BCUT2D eigenvalue weighted by atomic mass is 16.5. The number of nitrogens with zero attached hydrogens (tertiary/aromatic N) is 4. The molecule has 118 valence electrons. The van der Waals surface area contributed by atoms with Crippen molar-refractivity contribution in [2.45, 2.75) is 52.0 Å². The first kappa shape index (κ1) is 15.8. The number of hydrogen-bond donors (Lipinski definition) is 1. The van der Waals surface area contributed by atoms with Crippen molar-refractivity contribution in [3.8, 4) is 6.01 Å². The quantitative estimate of drug-likeness (QED) is 0.870. The second-order valence-corrected chi connectivity index (χ2v) is 5.78. The van der Waals surface area contributed by atoms with E-state index in [9.17, 15) is 0 Å². The summed E-state index contributed by atoms with van der Waals surface area (Å²) in [6, 6.07) is 0.895. The van der Waals surface area contributed by atoms with Crippen LogP contribution >= 0.6 is 0 Å². The maximum atomic E-state index is 5.57. The van der Waals surface area contributed by atoms with Crippen LogP contribution in [-0.2, 0) is 0 Å². The second-order valence-electron chi connectivity index (χ2n) is 5.78. The maximum Gasteiger partial charge on any atom is 0.323 e. The molecule has 1 aliphatic carbocycles. The minimum atomic E-state index is 0.404. The zero-order valence-electron chi connectivity index (χ0n) is 13.6. The fourth-order valence-corrected chi connectivity index (χ4v) is 2.89. The zero-order chi connectivity index (χ0) is 15.2. The predicted molar refractivity (Wildman–Crippen MR) is 85.0 cm³/mol. The zero-order valence-corrected chi connectivity index (χ0v) is 13.6. The van der Waals surface area contributed by atoms with Gasteiger partial charge in [0.25, 0.3) is 0 Å². The van der Waals surface area contributed by atoms with Gasteiger partial charge in [0, 0.05) is 20.1 Å². The molecule has 1 aliphatic rings. The molecular formula is C15H27N5O. The van der Waals surface area contributed by atoms with E-state index >= 15 is 0 Å². The van der Waals surface area contributed by atoms with Gasteiger partial charge in [-0.1, -0.05) is 26.7 Å². The van der Waals surface area contributed by atoms with Crippen molar-refractivity contribution >= 4 is 11.9 Å². The van der Waals surface area contributed by atoms with Crippen molar-refractivity contribution in [1.82, 2.24) is 15.0 Å². The summed E-state index contributed by atoms with van der Waals surface area (Å²) in [7, 11) is 3.89. The normalized spacial score (nSPS) is 21.9. The molecule has 1 heterocycles. The van der Waals surface area contributed by atoms with E-state index in [1.807, 2.05) is 7.05 Å². The Kier molecular flexibility index (Phi) is 5.59. The van der Waals surface area contributed by atoms with Crippen LogP contribution in [-0.4, -0.2) is 41.7 Å². The number of rotatable bonds is 6. The molecular weight excluding hydrogens is 266 g/mol. The molecule has 2 atom stereocenters. The highest BCUT2D eigenvalue weighted by Gasteiger charge is 2.27. The summed E-state index contributed by atoms with van der Waals surface area (Å²) in [4.78, 5) is 15.4. The number of ether oxygens (including phenoxy) is 1. The van der Waals surface area contributed by atoms with E-state index in [-0.39, 0.29) is 0 Å². The van der Waals surface area contributed by atoms with Crippen molar-refractivity contribution in [3.05, 3.63) is 0 Å². The smallest absolute Gasteiger partial charge is 0.323 e. The third kappa shape index (κ3) is 3.95. The summed E-state index contributed by atoms with van der Waals surface area (Å²) in [6.45, 7) is 5.00. The molecule has 1 N–H and O–H groups in total. The topological polar surface area (TPSA) is 63.2 Å². The first-order valence-corrected chi connectivity index (χ1v) is 7.95. The average Bonchev–Trinajstić information content (AvgIpc) is 2.52. The number of hydrogen-bond acceptors (Lipinski definition) is 6. The largest absolute Gasteiger partial charge is 0.463 e. The molecule has 0 amide bonds. The van der Waals surface area contributed by atoms with E-state index in [2.05, 4.69) is 46.1 Å². The standard InChI is InChI=1S/C15H27N5O/c1-5-10-21-15-18-13(16-3)17-14(19-15)20(4)12-9-7-6-8-11(12)2/h11-12H,5-10H2,1-4H3,(H,16,17,18,19). The Labute approximate surface area is 127 Å². The number of aromatic nitrogens is 3. The molecule has 0 aliphatic heterocycles. The second kappa shape index (κ2) is 7.43. The summed E-state index contributed by atoms with van der Waals surface area (Å²) in [5.41, 5.74) is 0. The van der Waals surface area contributed by atoms with Crippen molar-refractivity contribution in [3.63, 3.8) is 0 Å². The van der Waals surface area contributed by atoms with Crippen molar-refractivity contribution in [2.24, 2.45) is 5.92 Å². The van der Waals surface area contributed by atoms with Gasteiger partial charge in [-0.2, -0.15) is 15.0 Å². The minimum absolute atomic E-state index is 0.404. The summed E-state index contributed by atoms with van der Waals surface area (Å²) < 4.78 is 5.57. The van der Waals surface area contributed by atoms with E-state index in [1.165, 1.54) is 25.7 Å². The molecule has 0 saturated heterocycles. The van der Waals surface area contributed by atoms with Crippen molar-refractivity contribution < 1.29 is 4.74 Å². The summed E-state index contributed by atoms with van der Waals surface area (Å²) >= 11 is 0. The Bertz CT molecular complexity index is 454. The first-order chi connectivity index (χ1) is 10.2. The fourth-order valence-electron chi connectivity index (χ4n) is 2.89. The summed E-state index contributed by atoms with van der Waals surface area (Å²) in [5, 5.41) is 2.98. The van der Waals surface area contributed by atoms with Gasteiger partial charge < -0.3 is 15.0 Å². The Hall–Kier alpha value is -1.59. The summed E-state index contributed by atoms with van der Waals surface area (Å²) in [5.74, 6) is 1.92. The Morgan fingerprint density at radius 2 is 2.00 bits per heavy atom. The molecule has 0 spiro atoms. The molecule has 0 radical (unpaired) electrons. The lowest BCUT2D eigenvalue weighted by Crippen LogP contribution is -2.40. The minimum Gasteiger partial charge on any atom is -0.463 e. The molecule has 2 rings (SSSR count). The molecule has 1 aromatic heterocycles. The van der Waals surface area contributed by atoms with Crippen LogP contribution in [0.2, 0.25) is 0 Å². The Morgan fingerprint density at radius 3 is 2.67 bits per heavy atom. The van der Waals surface area contributed by atoms with Crippen LogP contribution in [0.25, 0.3) is 0 Å². The molecule has 1 saturated carbocycles. The molecule has 2 unspecified atom stereocenters. The van der Waals surface area contributed by atoms with Crippen LogP contribution < -0.4 is 15.0 Å². The SMILES string of the molecule is CCCOc1nc(NC)nc(N(C)C2CCCCC2C)n1. The third-order valence-electron chi connectivity index (χ3n) is 4.14. The van der Waals surface area contributed by atoms with Gasteiger partial charge in [0.2, 0.25) is 11.9 Å². The molecule has 21 heavy (non-hydrogen) atoms. The Morgan fingerprint density at radius 1 is 1.24 bits per heavy atom. The lowest BCUT2D eigenvalue weighted by Gasteiger charge is -2.36. The number of nitrogens with one attached hydrogen (secondary N) is 1. The van der Waals surface area contributed by atoms with Crippen LogP contribution in [0.15, 0.2) is 0 Å². The monoisotopic (exact) mass is 293 g/mol. The van der Waals surface area contributed by atoms with Crippen LogP contribution in [0.4, 0.5) is 11.9 Å². The lowest BCUT2D eigenvalue weighted by molar-refractivity contribution is 0.289. The van der Waals surface area contributed by atoms with E-state index in [0.717, 1.165) is 6.42 Å². The molecule has 6 nitrogen and oxygen atoms in total. The lowest BCUT2D eigenvalue weighted by atomic mass is 9.85. The molecule has 1 fully saturated rings. The van der Waals surface area contributed by atoms with E-state index in [0.29, 0.717) is 36.5 Å². The fraction of sp³-hybridized carbons (Fsp3) is 0.800. The van der Waals surface area contributed by atoms with Crippen LogP contribution in [0.5, 0.6) is 6.01 Å². The van der Waals surface area contributed by atoms with Crippen LogP contribution in [0.3, 0.4) is 0 Å². The molecule has 0 bridgehead atoms.